The number of aromatic nitrogens is 1. The molecular weight excluding hydrogens is 236 g/mol. The number of benzene rings is 1. The summed E-state index contributed by atoms with van der Waals surface area (Å²) in [6, 6.07) is 5.92. The number of rotatable bonds is 2. The van der Waals surface area contributed by atoms with Crippen molar-refractivity contribution in [2.24, 2.45) is 0 Å². The van der Waals surface area contributed by atoms with Crippen LogP contribution in [0.15, 0.2) is 22.6 Å². The number of nitrogens with zero attached hydrogens (tertiary/aromatic N) is 1. The molecule has 2 heterocycles. The lowest BCUT2D eigenvalue weighted by atomic mass is 10.3. The molecule has 1 saturated heterocycles. The van der Waals surface area contributed by atoms with Gasteiger partial charge in [0.15, 0.2) is 5.58 Å². The number of oxazole rings is 1. The fourth-order valence-electron chi connectivity index (χ4n) is 1.93. The third-order valence-corrected chi connectivity index (χ3v) is 3.89. The quantitative estimate of drug-likeness (QED) is 0.885. The van der Waals surface area contributed by atoms with Gasteiger partial charge in [0.2, 0.25) is 5.89 Å². The lowest BCUT2D eigenvalue weighted by Gasteiger charge is -2.19. The number of fused-ring (bicyclic) bond motifs is 1. The Hall–Kier alpha value is -1.20. The van der Waals surface area contributed by atoms with Gasteiger partial charge >= 0.3 is 0 Å². The van der Waals surface area contributed by atoms with Gasteiger partial charge in [0.1, 0.15) is 11.3 Å². The van der Waals surface area contributed by atoms with Crippen LogP contribution in [-0.2, 0) is 0 Å². The van der Waals surface area contributed by atoms with Crippen LogP contribution in [0.3, 0.4) is 0 Å². The third kappa shape index (κ3) is 2.12. The zero-order chi connectivity index (χ0) is 11.7. The van der Waals surface area contributed by atoms with Crippen LogP contribution >= 0.6 is 11.8 Å². The van der Waals surface area contributed by atoms with E-state index >= 15 is 0 Å². The molecule has 1 fully saturated rings. The molecule has 0 amide bonds. The van der Waals surface area contributed by atoms with Crippen molar-refractivity contribution in [3.8, 4) is 5.75 Å². The normalized spacial score (nSPS) is 20.6. The Labute approximate surface area is 104 Å². The Balaban J connectivity index is 1.95. The van der Waals surface area contributed by atoms with E-state index in [4.69, 9.17) is 9.15 Å². The highest BCUT2D eigenvalue weighted by molar-refractivity contribution is 7.99. The van der Waals surface area contributed by atoms with E-state index in [9.17, 15) is 0 Å². The van der Waals surface area contributed by atoms with Crippen LogP contribution in [0.4, 0.5) is 0 Å². The average molecular weight is 250 g/mol. The van der Waals surface area contributed by atoms with E-state index in [2.05, 4.69) is 10.3 Å². The number of hydrogen-bond acceptors (Lipinski definition) is 5. The number of hydrogen-bond donors (Lipinski definition) is 1. The third-order valence-electron chi connectivity index (χ3n) is 2.83. The van der Waals surface area contributed by atoms with Crippen molar-refractivity contribution >= 4 is 22.9 Å². The summed E-state index contributed by atoms with van der Waals surface area (Å²) < 4.78 is 10.9. The second-order valence-electron chi connectivity index (χ2n) is 3.97. The second kappa shape index (κ2) is 4.58. The predicted molar refractivity (Wildman–Crippen MR) is 68.6 cm³/mol. The molecule has 90 valence electrons. The van der Waals surface area contributed by atoms with Crippen LogP contribution in [0.2, 0.25) is 0 Å². The minimum absolute atomic E-state index is 0.229. The molecule has 1 aliphatic heterocycles. The van der Waals surface area contributed by atoms with E-state index in [1.165, 1.54) is 0 Å². The topological polar surface area (TPSA) is 47.3 Å². The Bertz CT molecular complexity index is 520. The van der Waals surface area contributed by atoms with Gasteiger partial charge in [-0.1, -0.05) is 0 Å². The molecule has 0 bridgehead atoms. The predicted octanol–water partition coefficient (Wildman–Crippen LogP) is 2.21. The summed E-state index contributed by atoms with van der Waals surface area (Å²) in [5.74, 6) is 3.76. The van der Waals surface area contributed by atoms with Crippen molar-refractivity contribution < 1.29 is 9.15 Å². The molecule has 1 N–H and O–H groups in total. The second-order valence-corrected chi connectivity index (χ2v) is 5.12. The first-order valence-electron chi connectivity index (χ1n) is 5.62. The van der Waals surface area contributed by atoms with E-state index in [1.54, 1.807) is 7.11 Å². The van der Waals surface area contributed by atoms with Gasteiger partial charge in [0, 0.05) is 24.1 Å². The minimum atomic E-state index is 0.229. The molecule has 1 unspecified atom stereocenters. The van der Waals surface area contributed by atoms with Gasteiger partial charge in [-0.15, -0.1) is 0 Å². The maximum atomic E-state index is 5.76. The molecule has 0 spiro atoms. The fourth-order valence-corrected chi connectivity index (χ4v) is 2.85. The highest BCUT2D eigenvalue weighted by atomic mass is 32.2. The Kier molecular flexibility index (Phi) is 2.94. The number of ether oxygens (including phenoxy) is 1. The Morgan fingerprint density at radius 1 is 1.53 bits per heavy atom. The zero-order valence-corrected chi connectivity index (χ0v) is 10.4. The van der Waals surface area contributed by atoms with E-state index in [0.29, 0.717) is 0 Å². The van der Waals surface area contributed by atoms with E-state index < -0.39 is 0 Å². The van der Waals surface area contributed by atoms with Gasteiger partial charge in [0.25, 0.3) is 0 Å². The molecule has 1 aromatic heterocycles. The molecule has 1 aliphatic rings. The monoisotopic (exact) mass is 250 g/mol. The van der Waals surface area contributed by atoms with Gasteiger partial charge in [-0.05, 0) is 12.1 Å². The Morgan fingerprint density at radius 3 is 3.24 bits per heavy atom. The van der Waals surface area contributed by atoms with Crippen LogP contribution < -0.4 is 10.1 Å². The Morgan fingerprint density at radius 2 is 2.47 bits per heavy atom. The fraction of sp³-hybridized carbons (Fsp3) is 0.417. The first-order valence-corrected chi connectivity index (χ1v) is 6.78. The van der Waals surface area contributed by atoms with Gasteiger partial charge in [-0.25, -0.2) is 4.98 Å². The van der Waals surface area contributed by atoms with Gasteiger partial charge in [0.05, 0.1) is 13.2 Å². The van der Waals surface area contributed by atoms with Crippen molar-refractivity contribution in [2.45, 2.75) is 6.04 Å². The SMILES string of the molecule is COc1ccc2oc(C3CSCCN3)nc2c1. The minimum Gasteiger partial charge on any atom is -0.497 e. The van der Waals surface area contributed by atoms with Gasteiger partial charge in [-0.2, -0.15) is 11.8 Å². The van der Waals surface area contributed by atoms with Crippen molar-refractivity contribution in [1.82, 2.24) is 10.3 Å². The molecule has 0 radical (unpaired) electrons. The summed E-state index contributed by atoms with van der Waals surface area (Å²) in [6.45, 7) is 1.01. The molecule has 4 nitrogen and oxygen atoms in total. The maximum Gasteiger partial charge on any atom is 0.213 e. The average Bonchev–Trinajstić information content (AvgIpc) is 2.82. The van der Waals surface area contributed by atoms with E-state index in [1.807, 2.05) is 30.0 Å². The van der Waals surface area contributed by atoms with Crippen molar-refractivity contribution in [3.63, 3.8) is 0 Å². The maximum absolute atomic E-state index is 5.76. The molecule has 3 rings (SSSR count). The lowest BCUT2D eigenvalue weighted by molar-refractivity contribution is 0.415. The van der Waals surface area contributed by atoms with Gasteiger partial charge < -0.3 is 14.5 Å². The van der Waals surface area contributed by atoms with Crippen LogP contribution in [0, 0.1) is 0 Å². The largest absolute Gasteiger partial charge is 0.497 e. The molecule has 1 aromatic carbocycles. The summed E-state index contributed by atoms with van der Waals surface area (Å²) in [5, 5.41) is 3.42. The van der Waals surface area contributed by atoms with Crippen LogP contribution in [0.1, 0.15) is 11.9 Å². The molecule has 5 heteroatoms. The first kappa shape index (κ1) is 10.9. The van der Waals surface area contributed by atoms with Crippen molar-refractivity contribution in [3.05, 3.63) is 24.1 Å². The smallest absolute Gasteiger partial charge is 0.213 e. The summed E-state index contributed by atoms with van der Waals surface area (Å²) in [4.78, 5) is 4.52. The first-order chi connectivity index (χ1) is 8.36. The summed E-state index contributed by atoms with van der Waals surface area (Å²) in [5.41, 5.74) is 1.68. The van der Waals surface area contributed by atoms with E-state index in [0.717, 1.165) is 40.8 Å². The lowest BCUT2D eigenvalue weighted by Crippen LogP contribution is -2.30. The van der Waals surface area contributed by atoms with Crippen molar-refractivity contribution in [1.29, 1.82) is 0 Å². The zero-order valence-electron chi connectivity index (χ0n) is 9.60. The van der Waals surface area contributed by atoms with E-state index in [-0.39, 0.29) is 6.04 Å². The number of thioether (sulfide) groups is 1. The summed E-state index contributed by atoms with van der Waals surface area (Å²) >= 11 is 1.93. The molecule has 0 aliphatic carbocycles. The standard InChI is InChI=1S/C12H14N2O2S/c1-15-8-2-3-11-9(6-8)14-12(16-11)10-7-17-5-4-13-10/h2-3,6,10,13H,4-5,7H2,1H3. The molecule has 2 aromatic rings. The summed E-state index contributed by atoms with van der Waals surface area (Å²) in [7, 11) is 1.65. The molecular formula is C12H14N2O2S. The van der Waals surface area contributed by atoms with Crippen molar-refractivity contribution in [2.75, 3.05) is 25.2 Å². The van der Waals surface area contributed by atoms with Crippen LogP contribution in [0.5, 0.6) is 5.75 Å². The van der Waals surface area contributed by atoms with Gasteiger partial charge in [-0.3, -0.25) is 0 Å². The number of nitrogens with one attached hydrogen (secondary N) is 1. The number of methoxy groups -OCH3 is 1. The molecule has 1 atom stereocenters. The summed E-state index contributed by atoms with van der Waals surface area (Å²) in [6.07, 6.45) is 0. The molecule has 17 heavy (non-hydrogen) atoms. The van der Waals surface area contributed by atoms with Crippen LogP contribution in [-0.4, -0.2) is 30.1 Å². The highest BCUT2D eigenvalue weighted by Gasteiger charge is 2.20. The highest BCUT2D eigenvalue weighted by Crippen LogP contribution is 2.26. The van der Waals surface area contributed by atoms with Crippen LogP contribution in [0.25, 0.3) is 11.1 Å². The molecule has 0 saturated carbocycles.